The van der Waals surface area contributed by atoms with Gasteiger partial charge in [0.1, 0.15) is 6.61 Å². The van der Waals surface area contributed by atoms with E-state index < -0.39 is 6.61 Å². The summed E-state index contributed by atoms with van der Waals surface area (Å²) >= 11 is 12.8. The summed E-state index contributed by atoms with van der Waals surface area (Å²) in [6, 6.07) is 33.1. The van der Waals surface area contributed by atoms with E-state index in [4.69, 9.17) is 28.3 Å². The number of carbonyl (C=O) groups is 1. The highest BCUT2D eigenvalue weighted by atomic mass is 35.5. The van der Waals surface area contributed by atoms with Crippen molar-refractivity contribution in [3.63, 3.8) is 0 Å². The predicted molar refractivity (Wildman–Crippen MR) is 206 cm³/mol. The first-order chi connectivity index (χ1) is 24.9. The van der Waals surface area contributed by atoms with Crippen LogP contribution in [0.4, 0.5) is 5.69 Å². The lowest BCUT2D eigenvalue weighted by atomic mass is 9.97. The molecular weight excluding hydrogens is 679 g/mol. The van der Waals surface area contributed by atoms with Gasteiger partial charge in [0.2, 0.25) is 5.91 Å². The predicted octanol–water partition coefficient (Wildman–Crippen LogP) is 6.90. The number of aliphatic hydroxyl groups excluding tert-OH is 1. The zero-order valence-electron chi connectivity index (χ0n) is 28.8. The van der Waals surface area contributed by atoms with Crippen molar-refractivity contribution < 1.29 is 9.90 Å². The molecule has 7 rings (SSSR count). The third-order valence-corrected chi connectivity index (χ3v) is 10.6. The monoisotopic (exact) mass is 722 g/mol. The molecule has 2 aliphatic rings. The van der Waals surface area contributed by atoms with Gasteiger partial charge in [-0.2, -0.15) is 5.10 Å². The highest BCUT2D eigenvalue weighted by molar-refractivity contribution is 6.33. The van der Waals surface area contributed by atoms with Crippen LogP contribution in [0.15, 0.2) is 97.1 Å². The van der Waals surface area contributed by atoms with E-state index in [-0.39, 0.29) is 5.91 Å². The maximum atomic E-state index is 12.6. The van der Waals surface area contributed by atoms with Crippen LogP contribution in [0.2, 0.25) is 10.0 Å². The molecule has 0 aliphatic carbocycles. The number of aromatic nitrogens is 2. The van der Waals surface area contributed by atoms with E-state index >= 15 is 0 Å². The summed E-state index contributed by atoms with van der Waals surface area (Å²) in [4.78, 5) is 19.3. The van der Waals surface area contributed by atoms with Gasteiger partial charge in [0.25, 0.3) is 0 Å². The number of nitrogens with one attached hydrogen (secondary N) is 1. The van der Waals surface area contributed by atoms with Crippen LogP contribution < -0.4 is 10.2 Å². The van der Waals surface area contributed by atoms with Crippen molar-refractivity contribution in [2.45, 2.75) is 39.0 Å². The van der Waals surface area contributed by atoms with Gasteiger partial charge < -0.3 is 20.2 Å². The number of para-hydroxylation sites is 1. The summed E-state index contributed by atoms with van der Waals surface area (Å²) in [6.45, 7) is 7.99. The van der Waals surface area contributed by atoms with Gasteiger partial charge >= 0.3 is 0 Å². The lowest BCUT2D eigenvalue weighted by Gasteiger charge is -2.36. The average Bonchev–Trinajstić information content (AvgIpc) is 3.54. The Morgan fingerprint density at radius 1 is 0.784 bits per heavy atom. The van der Waals surface area contributed by atoms with Gasteiger partial charge in [0, 0.05) is 110 Å². The second-order valence-corrected chi connectivity index (χ2v) is 14.2. The fourth-order valence-electron chi connectivity index (χ4n) is 7.18. The van der Waals surface area contributed by atoms with Crippen LogP contribution in [-0.4, -0.2) is 76.5 Å². The van der Waals surface area contributed by atoms with Crippen LogP contribution in [0.25, 0.3) is 22.4 Å². The summed E-state index contributed by atoms with van der Waals surface area (Å²) < 4.78 is 2.16. The van der Waals surface area contributed by atoms with Crippen LogP contribution in [0.3, 0.4) is 0 Å². The molecule has 0 spiro atoms. The number of rotatable bonds is 12. The smallest absolute Gasteiger partial charge is 0.248 e. The molecule has 4 aromatic carbocycles. The van der Waals surface area contributed by atoms with Gasteiger partial charge in [-0.15, -0.1) is 0 Å². The number of anilines is 1. The van der Waals surface area contributed by atoms with Crippen molar-refractivity contribution in [3.05, 3.63) is 129 Å². The fraction of sp³-hybridized carbons (Fsp3) is 0.317. The molecule has 0 unspecified atom stereocenters. The quantitative estimate of drug-likeness (QED) is 0.146. The Labute approximate surface area is 310 Å². The minimum atomic E-state index is -0.492. The second-order valence-electron chi connectivity index (χ2n) is 13.4. The Hall–Kier alpha value is -4.18. The van der Waals surface area contributed by atoms with Crippen molar-refractivity contribution >= 4 is 34.8 Å². The summed E-state index contributed by atoms with van der Waals surface area (Å²) in [5.41, 5.74) is 9.69. The number of piperazine rings is 1. The molecule has 1 saturated heterocycles. The SMILES string of the molecule is O=C(CO)N1CCc2c(c(-c3ccc(Cl)c(-c4ccc(CNCc5ccc(Cl)cc5)cc4)c3)nn2CCCN2CCN(c3ccccc3)CC2)C1. The summed E-state index contributed by atoms with van der Waals surface area (Å²) in [5, 5.41) is 19.7. The number of fused-ring (bicyclic) bond motifs is 1. The first-order valence-electron chi connectivity index (χ1n) is 17.8. The number of hydrogen-bond donors (Lipinski definition) is 2. The summed E-state index contributed by atoms with van der Waals surface area (Å²) in [7, 11) is 0. The van der Waals surface area contributed by atoms with Crippen LogP contribution >= 0.6 is 23.2 Å². The highest BCUT2D eigenvalue weighted by Gasteiger charge is 2.28. The third-order valence-electron chi connectivity index (χ3n) is 10.0. The Balaban J connectivity index is 1.05. The van der Waals surface area contributed by atoms with Gasteiger partial charge in [-0.1, -0.05) is 83.9 Å². The number of aliphatic hydroxyl groups is 1. The molecule has 3 heterocycles. The summed E-state index contributed by atoms with van der Waals surface area (Å²) in [6.07, 6.45) is 1.70. The molecule has 8 nitrogen and oxygen atoms in total. The van der Waals surface area contributed by atoms with E-state index in [2.05, 4.69) is 80.5 Å². The lowest BCUT2D eigenvalue weighted by molar-refractivity contribution is -0.135. The fourth-order valence-corrected chi connectivity index (χ4v) is 7.54. The topological polar surface area (TPSA) is 76.9 Å². The van der Waals surface area contributed by atoms with Crippen molar-refractivity contribution in [1.29, 1.82) is 0 Å². The molecule has 0 saturated carbocycles. The molecule has 0 radical (unpaired) electrons. The molecule has 2 N–H and O–H groups in total. The van der Waals surface area contributed by atoms with Gasteiger partial charge in [-0.3, -0.25) is 14.4 Å². The molecule has 10 heteroatoms. The van der Waals surface area contributed by atoms with Crippen LogP contribution in [0.5, 0.6) is 0 Å². The molecular formula is C41H44Cl2N6O2. The standard InChI is InChI=1S/C41H44Cl2N6O2/c42-34-14-9-31(10-15-34)27-44-26-30-7-11-32(12-8-30)36-25-33(13-16-38(36)43)41-37-28-48(40(51)29-50)20-17-39(37)49(45-41)19-4-18-46-21-23-47(24-22-46)35-5-2-1-3-6-35/h1-3,5-16,25,44,50H,4,17-24,26-29H2. The zero-order chi connectivity index (χ0) is 35.2. The van der Waals surface area contributed by atoms with Crippen molar-refractivity contribution in [3.8, 4) is 22.4 Å². The Bertz CT molecular complexity index is 1920. The minimum Gasteiger partial charge on any atom is -0.387 e. The van der Waals surface area contributed by atoms with Gasteiger partial charge in [-0.05, 0) is 59.5 Å². The number of aryl methyl sites for hydroxylation is 1. The van der Waals surface area contributed by atoms with Crippen molar-refractivity contribution in [2.75, 3.05) is 50.8 Å². The number of nitrogens with zero attached hydrogens (tertiary/aromatic N) is 5. The van der Waals surface area contributed by atoms with Gasteiger partial charge in [-0.25, -0.2) is 0 Å². The maximum absolute atomic E-state index is 12.6. The molecule has 5 aromatic rings. The van der Waals surface area contributed by atoms with Gasteiger partial charge in [0.15, 0.2) is 0 Å². The number of carbonyl (C=O) groups excluding carboxylic acids is 1. The molecule has 51 heavy (non-hydrogen) atoms. The largest absolute Gasteiger partial charge is 0.387 e. The molecule has 1 amide bonds. The van der Waals surface area contributed by atoms with Gasteiger partial charge in [0.05, 0.1) is 5.69 Å². The van der Waals surface area contributed by atoms with Crippen LogP contribution in [-0.2, 0) is 37.4 Å². The maximum Gasteiger partial charge on any atom is 0.248 e. The molecule has 0 atom stereocenters. The zero-order valence-corrected chi connectivity index (χ0v) is 30.3. The van der Waals surface area contributed by atoms with Crippen molar-refractivity contribution in [2.24, 2.45) is 0 Å². The van der Waals surface area contributed by atoms with E-state index in [1.807, 2.05) is 36.4 Å². The van der Waals surface area contributed by atoms with Crippen LogP contribution in [0.1, 0.15) is 28.8 Å². The lowest BCUT2D eigenvalue weighted by Crippen LogP contribution is -2.46. The van der Waals surface area contributed by atoms with E-state index in [9.17, 15) is 9.90 Å². The van der Waals surface area contributed by atoms with E-state index in [0.717, 1.165) is 91.7 Å². The molecule has 0 bridgehead atoms. The normalized spacial score (nSPS) is 14.9. The molecule has 2 aliphatic heterocycles. The third kappa shape index (κ3) is 8.49. The Kier molecular flexibility index (Phi) is 11.4. The van der Waals surface area contributed by atoms with E-state index in [1.165, 1.54) is 22.5 Å². The molecule has 1 aromatic heterocycles. The summed E-state index contributed by atoms with van der Waals surface area (Å²) in [5.74, 6) is -0.256. The molecule has 1 fully saturated rings. The Morgan fingerprint density at radius 3 is 2.18 bits per heavy atom. The molecule has 264 valence electrons. The van der Waals surface area contributed by atoms with Crippen molar-refractivity contribution in [1.82, 2.24) is 24.9 Å². The Morgan fingerprint density at radius 2 is 1.47 bits per heavy atom. The first kappa shape index (κ1) is 35.2. The average molecular weight is 724 g/mol. The number of amides is 1. The van der Waals surface area contributed by atoms with E-state index in [1.54, 1.807) is 4.90 Å². The van der Waals surface area contributed by atoms with E-state index in [0.29, 0.717) is 24.5 Å². The minimum absolute atomic E-state index is 0.256. The highest BCUT2D eigenvalue weighted by Crippen LogP contribution is 2.36. The second kappa shape index (κ2) is 16.4. The number of benzene rings is 4. The number of halogens is 2. The van der Waals surface area contributed by atoms with Crippen LogP contribution in [0, 0.1) is 0 Å². The first-order valence-corrected chi connectivity index (χ1v) is 18.5. The number of hydrogen-bond acceptors (Lipinski definition) is 6.